The molecule has 6 heteroatoms. The lowest BCUT2D eigenvalue weighted by molar-refractivity contribution is 0.172. The maximum atomic E-state index is 8.99. The molecule has 0 atom stereocenters. The fourth-order valence-corrected chi connectivity index (χ4v) is 2.95. The molecule has 4 rings (SSSR count). The molecule has 0 saturated carbocycles. The number of nitrogen functional groups attached to an aromatic ring is 1. The fraction of sp³-hybridized carbons (Fsp3) is 0.222. The van der Waals surface area contributed by atoms with Gasteiger partial charge >= 0.3 is 0 Å². The molecule has 6 nitrogen and oxygen atoms in total. The van der Waals surface area contributed by atoms with E-state index < -0.39 is 0 Å². The molecule has 3 aromatic rings. The number of imidazole rings is 1. The molecule has 24 heavy (non-hydrogen) atoms. The lowest BCUT2D eigenvalue weighted by Crippen LogP contribution is -2.15. The van der Waals surface area contributed by atoms with Gasteiger partial charge in [-0.1, -0.05) is 12.1 Å². The molecule has 120 valence electrons. The Labute approximate surface area is 139 Å². The Kier molecular flexibility index (Phi) is 3.47. The highest BCUT2D eigenvalue weighted by molar-refractivity contribution is 5.84. The van der Waals surface area contributed by atoms with Gasteiger partial charge in [-0.15, -0.1) is 0 Å². The predicted molar refractivity (Wildman–Crippen MR) is 90.8 cm³/mol. The van der Waals surface area contributed by atoms with Crippen molar-refractivity contribution < 1.29 is 9.47 Å². The lowest BCUT2D eigenvalue weighted by atomic mass is 10.2. The third-order valence-electron chi connectivity index (χ3n) is 4.00. The number of aryl methyl sites for hydroxylation is 1. The van der Waals surface area contributed by atoms with Gasteiger partial charge < -0.3 is 19.8 Å². The number of benzene rings is 2. The first-order valence-electron chi connectivity index (χ1n) is 7.79. The van der Waals surface area contributed by atoms with Crippen LogP contribution in [0.25, 0.3) is 22.4 Å². The number of rotatable bonds is 3. The molecule has 0 bridgehead atoms. The maximum Gasteiger partial charge on any atom is 0.163 e. The van der Waals surface area contributed by atoms with E-state index in [0.717, 1.165) is 22.4 Å². The standard InChI is InChI=1S/C18H16N4O2/c19-5-2-6-22-15-11-17-16(23-7-8-24-17)10-14(15)21-18(22)12-3-1-4-13(20)9-12/h1,3-4,9-11H,2,6-8,20H2. The zero-order valence-electron chi connectivity index (χ0n) is 13.0. The molecular formula is C18H16N4O2. The molecule has 0 amide bonds. The molecule has 0 unspecified atom stereocenters. The van der Waals surface area contributed by atoms with Gasteiger partial charge in [0.2, 0.25) is 0 Å². The summed E-state index contributed by atoms with van der Waals surface area (Å²) < 4.78 is 13.3. The van der Waals surface area contributed by atoms with Gasteiger partial charge in [-0.05, 0) is 12.1 Å². The molecule has 0 radical (unpaired) electrons. The highest BCUT2D eigenvalue weighted by Gasteiger charge is 2.18. The van der Waals surface area contributed by atoms with Crippen LogP contribution in [0.4, 0.5) is 5.69 Å². The summed E-state index contributed by atoms with van der Waals surface area (Å²) in [6.07, 6.45) is 0.398. The van der Waals surface area contributed by atoms with Crippen LogP contribution in [0, 0.1) is 11.3 Å². The third kappa shape index (κ3) is 2.40. The summed E-state index contributed by atoms with van der Waals surface area (Å²) in [4.78, 5) is 4.75. The van der Waals surface area contributed by atoms with Gasteiger partial charge in [0, 0.05) is 29.9 Å². The van der Waals surface area contributed by atoms with Gasteiger partial charge in [-0.2, -0.15) is 5.26 Å². The topological polar surface area (TPSA) is 86.1 Å². The van der Waals surface area contributed by atoms with Crippen LogP contribution in [0.2, 0.25) is 0 Å². The molecule has 2 heterocycles. The molecule has 1 aliphatic heterocycles. The molecule has 2 aromatic carbocycles. The fourth-order valence-electron chi connectivity index (χ4n) is 2.95. The van der Waals surface area contributed by atoms with E-state index in [0.29, 0.717) is 43.4 Å². The molecule has 2 N–H and O–H groups in total. The average Bonchev–Trinajstić information content (AvgIpc) is 2.95. The van der Waals surface area contributed by atoms with Crippen molar-refractivity contribution in [1.82, 2.24) is 9.55 Å². The number of nitriles is 1. The SMILES string of the molecule is N#CCCn1c(-c2cccc(N)c2)nc2cc3c(cc21)OCCO3. The molecule has 0 fully saturated rings. The van der Waals surface area contributed by atoms with Crippen LogP contribution in [0.3, 0.4) is 0 Å². The van der Waals surface area contributed by atoms with E-state index in [1.807, 2.05) is 41.0 Å². The summed E-state index contributed by atoms with van der Waals surface area (Å²) in [5.41, 5.74) is 9.25. The largest absolute Gasteiger partial charge is 0.486 e. The minimum Gasteiger partial charge on any atom is -0.486 e. The number of nitrogens with zero attached hydrogens (tertiary/aromatic N) is 3. The molecule has 1 aromatic heterocycles. The zero-order chi connectivity index (χ0) is 16.5. The molecule has 0 spiro atoms. The van der Waals surface area contributed by atoms with Gasteiger partial charge in [0.15, 0.2) is 11.5 Å². The number of anilines is 1. The number of nitrogens with two attached hydrogens (primary N) is 1. The van der Waals surface area contributed by atoms with Gasteiger partial charge in [0.25, 0.3) is 0 Å². The van der Waals surface area contributed by atoms with Crippen molar-refractivity contribution in [2.75, 3.05) is 18.9 Å². The first-order chi connectivity index (χ1) is 11.8. The zero-order valence-corrected chi connectivity index (χ0v) is 13.0. The molecule has 0 aliphatic carbocycles. The van der Waals surface area contributed by atoms with E-state index in [9.17, 15) is 0 Å². The van der Waals surface area contributed by atoms with E-state index >= 15 is 0 Å². The van der Waals surface area contributed by atoms with E-state index in [-0.39, 0.29) is 0 Å². The second-order valence-electron chi connectivity index (χ2n) is 5.61. The number of hydrogen-bond donors (Lipinski definition) is 1. The Morgan fingerprint density at radius 3 is 2.71 bits per heavy atom. The monoisotopic (exact) mass is 320 g/mol. The summed E-state index contributed by atoms with van der Waals surface area (Å²) in [7, 11) is 0. The van der Waals surface area contributed by atoms with Gasteiger partial charge in [-0.25, -0.2) is 4.98 Å². The van der Waals surface area contributed by atoms with Crippen molar-refractivity contribution in [3.8, 4) is 29.0 Å². The maximum absolute atomic E-state index is 8.99. The van der Waals surface area contributed by atoms with Crippen LogP contribution >= 0.6 is 0 Å². The summed E-state index contributed by atoms with van der Waals surface area (Å²) in [6, 6.07) is 13.6. The third-order valence-corrected chi connectivity index (χ3v) is 4.00. The second kappa shape index (κ2) is 5.78. The van der Waals surface area contributed by atoms with Gasteiger partial charge in [0.05, 0.1) is 23.5 Å². The van der Waals surface area contributed by atoms with Gasteiger partial charge in [-0.3, -0.25) is 0 Å². The van der Waals surface area contributed by atoms with Crippen molar-refractivity contribution >= 4 is 16.7 Å². The first-order valence-corrected chi connectivity index (χ1v) is 7.79. The van der Waals surface area contributed by atoms with Crippen LogP contribution < -0.4 is 15.2 Å². The highest BCUT2D eigenvalue weighted by Crippen LogP contribution is 2.36. The number of fused-ring (bicyclic) bond motifs is 2. The van der Waals surface area contributed by atoms with E-state index in [4.69, 9.17) is 25.5 Å². The Hall–Kier alpha value is -3.20. The van der Waals surface area contributed by atoms with Crippen LogP contribution in [0.15, 0.2) is 36.4 Å². The minimum absolute atomic E-state index is 0.398. The number of hydrogen-bond acceptors (Lipinski definition) is 5. The van der Waals surface area contributed by atoms with Crippen molar-refractivity contribution in [3.63, 3.8) is 0 Å². The quantitative estimate of drug-likeness (QED) is 0.750. The Morgan fingerprint density at radius 1 is 1.17 bits per heavy atom. The highest BCUT2D eigenvalue weighted by atomic mass is 16.6. The predicted octanol–water partition coefficient (Wildman–Crippen LogP) is 2.97. The van der Waals surface area contributed by atoms with Crippen molar-refractivity contribution in [2.45, 2.75) is 13.0 Å². The minimum atomic E-state index is 0.398. The summed E-state index contributed by atoms with van der Waals surface area (Å²) in [6.45, 7) is 1.62. The number of ether oxygens (including phenoxy) is 2. The van der Waals surface area contributed by atoms with Crippen LogP contribution in [-0.2, 0) is 6.54 Å². The average molecular weight is 320 g/mol. The smallest absolute Gasteiger partial charge is 0.163 e. The summed E-state index contributed by atoms with van der Waals surface area (Å²) in [5.74, 6) is 2.21. The second-order valence-corrected chi connectivity index (χ2v) is 5.61. The van der Waals surface area contributed by atoms with Crippen molar-refractivity contribution in [3.05, 3.63) is 36.4 Å². The first kappa shape index (κ1) is 14.4. The van der Waals surface area contributed by atoms with E-state index in [2.05, 4.69) is 6.07 Å². The number of aromatic nitrogens is 2. The van der Waals surface area contributed by atoms with Crippen LogP contribution in [0.5, 0.6) is 11.5 Å². The van der Waals surface area contributed by atoms with Crippen LogP contribution in [-0.4, -0.2) is 22.8 Å². The lowest BCUT2D eigenvalue weighted by Gasteiger charge is -2.18. The molecule has 0 saturated heterocycles. The van der Waals surface area contributed by atoms with E-state index in [1.54, 1.807) is 0 Å². The molecular weight excluding hydrogens is 304 g/mol. The summed E-state index contributed by atoms with van der Waals surface area (Å²) in [5, 5.41) is 8.99. The van der Waals surface area contributed by atoms with Crippen LogP contribution in [0.1, 0.15) is 6.42 Å². The Balaban J connectivity index is 1.93. The molecule has 1 aliphatic rings. The Bertz CT molecular complexity index is 956. The van der Waals surface area contributed by atoms with Crippen molar-refractivity contribution in [2.24, 2.45) is 0 Å². The van der Waals surface area contributed by atoms with Gasteiger partial charge in [0.1, 0.15) is 19.0 Å². The Morgan fingerprint density at radius 2 is 1.96 bits per heavy atom. The van der Waals surface area contributed by atoms with Crippen molar-refractivity contribution in [1.29, 1.82) is 5.26 Å². The normalized spacial score (nSPS) is 13.0. The van der Waals surface area contributed by atoms with E-state index in [1.165, 1.54) is 0 Å². The summed E-state index contributed by atoms with van der Waals surface area (Å²) >= 11 is 0.